The Morgan fingerprint density at radius 3 is 2.62 bits per heavy atom. The van der Waals surface area contributed by atoms with Crippen molar-refractivity contribution in [2.45, 2.75) is 13.8 Å². The van der Waals surface area contributed by atoms with Crippen molar-refractivity contribution >= 4 is 34.0 Å². The van der Waals surface area contributed by atoms with Gasteiger partial charge in [-0.15, -0.1) is 11.3 Å². The molecule has 0 radical (unpaired) electrons. The van der Waals surface area contributed by atoms with E-state index in [1.54, 1.807) is 24.3 Å². The number of amides is 2. The highest BCUT2D eigenvalue weighted by Gasteiger charge is 2.17. The summed E-state index contributed by atoms with van der Waals surface area (Å²) < 4.78 is 5.05. The van der Waals surface area contributed by atoms with Crippen LogP contribution in [0.5, 0.6) is 0 Å². The summed E-state index contributed by atoms with van der Waals surface area (Å²) in [6.07, 6.45) is 1.43. The van der Waals surface area contributed by atoms with Crippen LogP contribution < -0.4 is 10.6 Å². The minimum absolute atomic E-state index is 0.219. The number of aryl methyl sites for hydroxylation is 2. The SMILES string of the molecule is Cc1cccc(NC(=O)c2sc(NC(=O)c3ccco3)cc2C)n1. The van der Waals surface area contributed by atoms with E-state index in [-0.39, 0.29) is 17.6 Å². The molecule has 0 aromatic carbocycles. The number of aromatic nitrogens is 1. The van der Waals surface area contributed by atoms with Gasteiger partial charge in [0, 0.05) is 5.69 Å². The summed E-state index contributed by atoms with van der Waals surface area (Å²) in [4.78, 5) is 29.2. The topological polar surface area (TPSA) is 84.2 Å². The van der Waals surface area contributed by atoms with E-state index in [1.165, 1.54) is 17.6 Å². The Morgan fingerprint density at radius 1 is 1.08 bits per heavy atom. The van der Waals surface area contributed by atoms with Crippen molar-refractivity contribution in [3.63, 3.8) is 0 Å². The van der Waals surface area contributed by atoms with Crippen molar-refractivity contribution in [3.05, 3.63) is 64.6 Å². The van der Waals surface area contributed by atoms with Crippen molar-refractivity contribution in [3.8, 4) is 0 Å². The molecule has 0 fully saturated rings. The number of carbonyl (C=O) groups excluding carboxylic acids is 2. The van der Waals surface area contributed by atoms with Crippen LogP contribution in [0.1, 0.15) is 31.5 Å². The van der Waals surface area contributed by atoms with Crippen molar-refractivity contribution < 1.29 is 14.0 Å². The summed E-state index contributed by atoms with van der Waals surface area (Å²) in [5, 5.41) is 6.07. The average Bonchev–Trinajstić information content (AvgIpc) is 3.17. The Labute approximate surface area is 142 Å². The molecule has 3 heterocycles. The lowest BCUT2D eigenvalue weighted by atomic mass is 10.2. The summed E-state index contributed by atoms with van der Waals surface area (Å²) in [5.41, 5.74) is 1.60. The number of pyridine rings is 1. The second-order valence-corrected chi connectivity index (χ2v) is 6.22. The zero-order valence-corrected chi connectivity index (χ0v) is 13.9. The molecule has 0 aliphatic heterocycles. The van der Waals surface area contributed by atoms with Crippen LogP contribution >= 0.6 is 11.3 Å². The maximum absolute atomic E-state index is 12.4. The molecule has 3 rings (SSSR count). The lowest BCUT2D eigenvalue weighted by Gasteiger charge is -2.04. The molecule has 0 atom stereocenters. The molecule has 6 nitrogen and oxygen atoms in total. The van der Waals surface area contributed by atoms with E-state index in [1.807, 2.05) is 26.0 Å². The first-order chi connectivity index (χ1) is 11.5. The van der Waals surface area contributed by atoms with Gasteiger partial charge in [-0.25, -0.2) is 4.98 Å². The quantitative estimate of drug-likeness (QED) is 0.755. The Balaban J connectivity index is 1.73. The molecule has 0 saturated heterocycles. The van der Waals surface area contributed by atoms with Gasteiger partial charge in [0.2, 0.25) is 0 Å². The van der Waals surface area contributed by atoms with E-state index in [0.717, 1.165) is 11.3 Å². The zero-order valence-electron chi connectivity index (χ0n) is 13.1. The van der Waals surface area contributed by atoms with Crippen LogP contribution in [0.25, 0.3) is 0 Å². The number of hydrogen-bond donors (Lipinski definition) is 2. The average molecular weight is 341 g/mol. The second-order valence-electron chi connectivity index (χ2n) is 5.17. The molecule has 3 aromatic heterocycles. The van der Waals surface area contributed by atoms with Crippen LogP contribution in [0, 0.1) is 13.8 Å². The van der Waals surface area contributed by atoms with Crippen LogP contribution in [0.15, 0.2) is 47.1 Å². The third-order valence-electron chi connectivity index (χ3n) is 3.24. The molecule has 3 aromatic rings. The number of hydrogen-bond acceptors (Lipinski definition) is 5. The van der Waals surface area contributed by atoms with Gasteiger partial charge in [-0.2, -0.15) is 0 Å². The number of carbonyl (C=O) groups is 2. The Bertz CT molecular complexity index is 884. The highest BCUT2D eigenvalue weighted by Crippen LogP contribution is 2.27. The van der Waals surface area contributed by atoms with Gasteiger partial charge >= 0.3 is 0 Å². The number of thiophene rings is 1. The summed E-state index contributed by atoms with van der Waals surface area (Å²) in [7, 11) is 0. The molecular formula is C17H15N3O3S. The van der Waals surface area contributed by atoms with Crippen LogP contribution in [0.4, 0.5) is 10.8 Å². The van der Waals surface area contributed by atoms with E-state index < -0.39 is 0 Å². The lowest BCUT2D eigenvalue weighted by molar-refractivity contribution is 0.0995. The van der Waals surface area contributed by atoms with Crippen molar-refractivity contribution in [2.24, 2.45) is 0 Å². The highest BCUT2D eigenvalue weighted by atomic mass is 32.1. The minimum atomic E-state index is -0.353. The van der Waals surface area contributed by atoms with Gasteiger partial charge in [0.15, 0.2) is 5.76 Å². The third kappa shape index (κ3) is 3.52. The standard InChI is InChI=1S/C17H15N3O3S/c1-10-9-14(20-16(21)12-6-4-8-23-12)24-15(10)17(22)19-13-7-3-5-11(2)18-13/h3-9H,1-2H3,(H,20,21)(H,18,19,22). The third-order valence-corrected chi connectivity index (χ3v) is 4.39. The maximum Gasteiger partial charge on any atom is 0.291 e. The van der Waals surface area contributed by atoms with Gasteiger partial charge in [-0.3, -0.25) is 9.59 Å². The predicted molar refractivity (Wildman–Crippen MR) is 92.6 cm³/mol. The molecule has 2 N–H and O–H groups in total. The molecule has 7 heteroatoms. The monoisotopic (exact) mass is 341 g/mol. The lowest BCUT2D eigenvalue weighted by Crippen LogP contribution is -2.12. The Morgan fingerprint density at radius 2 is 1.92 bits per heavy atom. The first kappa shape index (κ1) is 15.9. The smallest absolute Gasteiger partial charge is 0.291 e. The molecule has 0 spiro atoms. The fraction of sp³-hybridized carbons (Fsp3) is 0.118. The molecule has 0 unspecified atom stereocenters. The fourth-order valence-corrected chi connectivity index (χ4v) is 3.10. The summed E-state index contributed by atoms with van der Waals surface area (Å²) in [5.74, 6) is 0.104. The van der Waals surface area contributed by atoms with Gasteiger partial charge in [-0.05, 0) is 49.7 Å². The van der Waals surface area contributed by atoms with Crippen LogP contribution in [-0.2, 0) is 0 Å². The van der Waals surface area contributed by atoms with Gasteiger partial charge in [0.05, 0.1) is 16.1 Å². The first-order valence-corrected chi connectivity index (χ1v) is 8.05. The molecule has 122 valence electrons. The molecule has 0 saturated carbocycles. The van der Waals surface area contributed by atoms with Gasteiger partial charge in [0.25, 0.3) is 11.8 Å². The van der Waals surface area contributed by atoms with Gasteiger partial charge < -0.3 is 15.1 Å². The van der Waals surface area contributed by atoms with E-state index in [2.05, 4.69) is 15.6 Å². The van der Waals surface area contributed by atoms with Gasteiger partial charge in [0.1, 0.15) is 5.82 Å². The zero-order chi connectivity index (χ0) is 17.1. The summed E-state index contributed by atoms with van der Waals surface area (Å²) in [6, 6.07) is 10.4. The van der Waals surface area contributed by atoms with E-state index in [0.29, 0.717) is 15.7 Å². The number of rotatable bonds is 4. The molecule has 24 heavy (non-hydrogen) atoms. The van der Waals surface area contributed by atoms with Crippen molar-refractivity contribution in [1.29, 1.82) is 0 Å². The van der Waals surface area contributed by atoms with E-state index >= 15 is 0 Å². The number of furan rings is 1. The van der Waals surface area contributed by atoms with Crippen LogP contribution in [0.3, 0.4) is 0 Å². The molecule has 0 bridgehead atoms. The highest BCUT2D eigenvalue weighted by molar-refractivity contribution is 7.18. The normalized spacial score (nSPS) is 10.4. The van der Waals surface area contributed by atoms with Gasteiger partial charge in [-0.1, -0.05) is 6.07 Å². The van der Waals surface area contributed by atoms with E-state index in [4.69, 9.17) is 4.42 Å². The molecular weight excluding hydrogens is 326 g/mol. The maximum atomic E-state index is 12.4. The number of nitrogens with one attached hydrogen (secondary N) is 2. The Hall–Kier alpha value is -2.93. The second kappa shape index (κ2) is 6.67. The number of nitrogens with zero attached hydrogens (tertiary/aromatic N) is 1. The van der Waals surface area contributed by atoms with Crippen LogP contribution in [-0.4, -0.2) is 16.8 Å². The molecule has 0 aliphatic rings. The summed E-state index contributed by atoms with van der Waals surface area (Å²) >= 11 is 1.20. The van der Waals surface area contributed by atoms with Crippen LogP contribution in [0.2, 0.25) is 0 Å². The van der Waals surface area contributed by atoms with Crippen molar-refractivity contribution in [2.75, 3.05) is 10.6 Å². The fourth-order valence-electron chi connectivity index (χ4n) is 2.14. The van der Waals surface area contributed by atoms with Crippen molar-refractivity contribution in [1.82, 2.24) is 4.98 Å². The minimum Gasteiger partial charge on any atom is -0.459 e. The Kier molecular flexibility index (Phi) is 4.43. The largest absolute Gasteiger partial charge is 0.459 e. The summed E-state index contributed by atoms with van der Waals surface area (Å²) in [6.45, 7) is 3.67. The van der Waals surface area contributed by atoms with E-state index in [9.17, 15) is 9.59 Å². The predicted octanol–water partition coefficient (Wildman–Crippen LogP) is 3.86. The molecule has 0 aliphatic carbocycles. The first-order valence-electron chi connectivity index (χ1n) is 7.23. The molecule has 2 amide bonds. The number of anilines is 2.